The average molecular weight is 332 g/mol. The smallest absolute Gasteiger partial charge is 0.244 e. The minimum atomic E-state index is -0.593. The van der Waals surface area contributed by atoms with Gasteiger partial charge in [0.1, 0.15) is 12.2 Å². The topological polar surface area (TPSA) is 89.1 Å². The van der Waals surface area contributed by atoms with Gasteiger partial charge < -0.3 is 10.0 Å². The lowest BCUT2D eigenvalue weighted by Gasteiger charge is -2.31. The first-order valence-electron chi connectivity index (χ1n) is 8.37. The Labute approximate surface area is 141 Å². The van der Waals surface area contributed by atoms with E-state index in [2.05, 4.69) is 15.4 Å². The number of likely N-dealkylation sites (tertiary alicyclic amines) is 1. The van der Waals surface area contributed by atoms with Gasteiger partial charge in [0.25, 0.3) is 0 Å². The number of aliphatic hydroxyl groups excluding tert-OH is 1. The zero-order valence-corrected chi connectivity index (χ0v) is 14.2. The predicted octanol–water partition coefficient (Wildman–Crippen LogP) is 0.775. The van der Waals surface area contributed by atoms with Crippen LogP contribution in [0.1, 0.15) is 37.3 Å². The SMILES string of the molecule is Cc1ccn(CC(=O)N2CCC(Cn3cc(C(C)O)nn3)CC2)n1. The molecular formula is C16H24N6O2. The fourth-order valence-corrected chi connectivity index (χ4v) is 3.01. The van der Waals surface area contributed by atoms with E-state index < -0.39 is 6.10 Å². The highest BCUT2D eigenvalue weighted by Crippen LogP contribution is 2.19. The largest absolute Gasteiger partial charge is 0.387 e. The minimum Gasteiger partial charge on any atom is -0.387 e. The molecule has 1 aliphatic rings. The van der Waals surface area contributed by atoms with Gasteiger partial charge in [-0.2, -0.15) is 5.10 Å². The molecule has 0 spiro atoms. The summed E-state index contributed by atoms with van der Waals surface area (Å²) in [4.78, 5) is 14.2. The molecule has 1 atom stereocenters. The van der Waals surface area contributed by atoms with Crippen molar-refractivity contribution >= 4 is 5.91 Å². The molecule has 0 radical (unpaired) electrons. The van der Waals surface area contributed by atoms with Gasteiger partial charge in [0, 0.05) is 25.8 Å². The maximum Gasteiger partial charge on any atom is 0.244 e. The number of amides is 1. The van der Waals surface area contributed by atoms with Gasteiger partial charge in [-0.25, -0.2) is 0 Å². The number of hydrogen-bond donors (Lipinski definition) is 1. The number of piperidine rings is 1. The molecule has 1 aliphatic heterocycles. The molecule has 1 saturated heterocycles. The van der Waals surface area contributed by atoms with E-state index in [-0.39, 0.29) is 5.91 Å². The van der Waals surface area contributed by atoms with Gasteiger partial charge in [0.05, 0.1) is 18.0 Å². The molecule has 0 bridgehead atoms. The van der Waals surface area contributed by atoms with Gasteiger partial charge >= 0.3 is 0 Å². The third-order valence-corrected chi connectivity index (χ3v) is 4.47. The third-order valence-electron chi connectivity index (χ3n) is 4.47. The summed E-state index contributed by atoms with van der Waals surface area (Å²) < 4.78 is 3.48. The molecule has 0 aliphatic carbocycles. The molecule has 1 fully saturated rings. The Morgan fingerprint density at radius 1 is 1.38 bits per heavy atom. The summed E-state index contributed by atoms with van der Waals surface area (Å²) in [6.07, 6.45) is 4.94. The van der Waals surface area contributed by atoms with Gasteiger partial charge in [-0.1, -0.05) is 5.21 Å². The molecule has 0 aromatic carbocycles. The van der Waals surface area contributed by atoms with Crippen LogP contribution in [0.2, 0.25) is 0 Å². The van der Waals surface area contributed by atoms with Crippen LogP contribution in [0.5, 0.6) is 0 Å². The second-order valence-corrected chi connectivity index (χ2v) is 6.52. The number of aryl methyl sites for hydroxylation is 1. The first-order chi connectivity index (χ1) is 11.5. The molecule has 24 heavy (non-hydrogen) atoms. The highest BCUT2D eigenvalue weighted by Gasteiger charge is 2.23. The summed E-state index contributed by atoms with van der Waals surface area (Å²) in [6, 6.07) is 1.90. The van der Waals surface area contributed by atoms with Gasteiger partial charge in [-0.05, 0) is 38.7 Å². The van der Waals surface area contributed by atoms with Crippen molar-refractivity contribution in [1.82, 2.24) is 29.7 Å². The molecule has 1 amide bonds. The number of aromatic nitrogens is 5. The summed E-state index contributed by atoms with van der Waals surface area (Å²) in [7, 11) is 0. The van der Waals surface area contributed by atoms with Crippen molar-refractivity contribution in [3.8, 4) is 0 Å². The van der Waals surface area contributed by atoms with Crippen LogP contribution in [-0.2, 0) is 17.9 Å². The number of nitrogens with zero attached hydrogens (tertiary/aromatic N) is 6. The number of rotatable bonds is 5. The number of aliphatic hydroxyl groups is 1. The van der Waals surface area contributed by atoms with Crippen molar-refractivity contribution in [3.63, 3.8) is 0 Å². The fraction of sp³-hybridized carbons (Fsp3) is 0.625. The highest BCUT2D eigenvalue weighted by atomic mass is 16.3. The Hall–Kier alpha value is -2.22. The van der Waals surface area contributed by atoms with Gasteiger partial charge in [0.15, 0.2) is 0 Å². The average Bonchev–Trinajstić information content (AvgIpc) is 3.17. The highest BCUT2D eigenvalue weighted by molar-refractivity contribution is 5.76. The zero-order valence-electron chi connectivity index (χ0n) is 14.2. The molecule has 8 nitrogen and oxygen atoms in total. The van der Waals surface area contributed by atoms with Crippen LogP contribution in [0.15, 0.2) is 18.5 Å². The van der Waals surface area contributed by atoms with Gasteiger partial charge in [-0.15, -0.1) is 5.10 Å². The van der Waals surface area contributed by atoms with Crippen LogP contribution >= 0.6 is 0 Å². The first-order valence-corrected chi connectivity index (χ1v) is 8.37. The van der Waals surface area contributed by atoms with E-state index in [1.165, 1.54) is 0 Å². The molecule has 3 rings (SSSR count). The number of carbonyl (C=O) groups is 1. The summed E-state index contributed by atoms with van der Waals surface area (Å²) >= 11 is 0. The van der Waals surface area contributed by atoms with Crippen LogP contribution in [0.4, 0.5) is 0 Å². The summed E-state index contributed by atoms with van der Waals surface area (Å²) in [5.74, 6) is 0.596. The molecule has 3 heterocycles. The zero-order chi connectivity index (χ0) is 17.1. The molecule has 0 saturated carbocycles. The molecule has 130 valence electrons. The number of carbonyl (C=O) groups excluding carboxylic acids is 1. The van der Waals surface area contributed by atoms with E-state index in [0.29, 0.717) is 18.2 Å². The van der Waals surface area contributed by atoms with Crippen LogP contribution in [0.25, 0.3) is 0 Å². The van der Waals surface area contributed by atoms with Crippen molar-refractivity contribution in [2.75, 3.05) is 13.1 Å². The van der Waals surface area contributed by atoms with Crippen LogP contribution in [0, 0.1) is 12.8 Å². The molecule has 1 unspecified atom stereocenters. The Morgan fingerprint density at radius 3 is 2.71 bits per heavy atom. The Morgan fingerprint density at radius 2 is 2.12 bits per heavy atom. The lowest BCUT2D eigenvalue weighted by atomic mass is 9.97. The third kappa shape index (κ3) is 4.00. The van der Waals surface area contributed by atoms with E-state index in [1.807, 2.05) is 24.1 Å². The Kier molecular flexibility index (Phi) is 4.94. The maximum absolute atomic E-state index is 12.3. The normalized spacial score (nSPS) is 17.2. The minimum absolute atomic E-state index is 0.119. The second-order valence-electron chi connectivity index (χ2n) is 6.52. The Bertz CT molecular complexity index is 684. The lowest BCUT2D eigenvalue weighted by Crippen LogP contribution is -2.41. The summed E-state index contributed by atoms with van der Waals surface area (Å²) in [6.45, 7) is 6.21. The van der Waals surface area contributed by atoms with Crippen LogP contribution in [0.3, 0.4) is 0 Å². The summed E-state index contributed by atoms with van der Waals surface area (Å²) in [5, 5.41) is 21.8. The predicted molar refractivity (Wildman–Crippen MR) is 86.9 cm³/mol. The Balaban J connectivity index is 1.47. The van der Waals surface area contributed by atoms with E-state index in [0.717, 1.165) is 38.2 Å². The summed E-state index contributed by atoms with van der Waals surface area (Å²) in [5.41, 5.74) is 1.52. The molecule has 2 aromatic rings. The van der Waals surface area contributed by atoms with Crippen molar-refractivity contribution < 1.29 is 9.90 Å². The second kappa shape index (κ2) is 7.12. The standard InChI is InChI=1S/C16H24N6O2/c1-12-3-8-21(18-12)11-16(24)20-6-4-14(5-7-20)9-22-10-15(13(2)23)17-19-22/h3,8,10,13-14,23H,4-7,9,11H2,1-2H3. The van der Waals surface area contributed by atoms with Crippen LogP contribution < -0.4 is 0 Å². The fourth-order valence-electron chi connectivity index (χ4n) is 3.01. The number of hydrogen-bond acceptors (Lipinski definition) is 5. The molecule has 8 heteroatoms. The van der Waals surface area contributed by atoms with Crippen molar-refractivity contribution in [2.45, 2.75) is 45.9 Å². The molecular weight excluding hydrogens is 308 g/mol. The monoisotopic (exact) mass is 332 g/mol. The van der Waals surface area contributed by atoms with E-state index >= 15 is 0 Å². The molecule has 2 aromatic heterocycles. The van der Waals surface area contributed by atoms with Gasteiger partial charge in [0.2, 0.25) is 5.91 Å². The maximum atomic E-state index is 12.3. The quantitative estimate of drug-likeness (QED) is 0.874. The van der Waals surface area contributed by atoms with Crippen molar-refractivity contribution in [1.29, 1.82) is 0 Å². The van der Waals surface area contributed by atoms with Crippen LogP contribution in [-0.4, -0.2) is 53.8 Å². The van der Waals surface area contributed by atoms with Crippen molar-refractivity contribution in [2.24, 2.45) is 5.92 Å². The lowest BCUT2D eigenvalue weighted by molar-refractivity contribution is -0.133. The van der Waals surface area contributed by atoms with E-state index in [1.54, 1.807) is 22.5 Å². The van der Waals surface area contributed by atoms with Crippen molar-refractivity contribution in [3.05, 3.63) is 29.8 Å². The molecule has 1 N–H and O–H groups in total. The van der Waals surface area contributed by atoms with E-state index in [9.17, 15) is 9.90 Å². The first kappa shape index (κ1) is 16.6. The van der Waals surface area contributed by atoms with Gasteiger partial charge in [-0.3, -0.25) is 14.2 Å². The van der Waals surface area contributed by atoms with E-state index in [4.69, 9.17) is 0 Å².